The fraction of sp³-hybridized carbons (Fsp3) is 0.600. The monoisotopic (exact) mass is 188 g/mol. The minimum absolute atomic E-state index is 0.0135. The standard InChI is InChI=1S/C5H8N4O2S/c1-2-9-5(6-7-8-9)12-3-4(10)11/h2-3H2,1H3,(H,10,11). The Kier molecular flexibility index (Phi) is 3.03. The summed E-state index contributed by atoms with van der Waals surface area (Å²) in [6, 6.07) is 0. The van der Waals surface area contributed by atoms with Gasteiger partial charge in [-0.1, -0.05) is 11.8 Å². The molecule has 0 aliphatic rings. The molecule has 7 heteroatoms. The molecule has 0 amide bonds. The van der Waals surface area contributed by atoms with Gasteiger partial charge in [0, 0.05) is 6.54 Å². The van der Waals surface area contributed by atoms with Gasteiger partial charge < -0.3 is 5.11 Å². The first-order valence-corrected chi connectivity index (χ1v) is 4.33. The number of aliphatic carboxylic acids is 1. The van der Waals surface area contributed by atoms with Gasteiger partial charge in [0.25, 0.3) is 0 Å². The highest BCUT2D eigenvalue weighted by Crippen LogP contribution is 2.12. The van der Waals surface area contributed by atoms with Crippen LogP contribution in [0.1, 0.15) is 6.92 Å². The van der Waals surface area contributed by atoms with Crippen molar-refractivity contribution < 1.29 is 9.90 Å². The van der Waals surface area contributed by atoms with E-state index in [1.165, 1.54) is 0 Å². The van der Waals surface area contributed by atoms with Gasteiger partial charge in [-0.2, -0.15) is 0 Å². The van der Waals surface area contributed by atoms with E-state index in [4.69, 9.17) is 5.11 Å². The number of aryl methyl sites for hydroxylation is 1. The Morgan fingerprint density at radius 2 is 2.50 bits per heavy atom. The van der Waals surface area contributed by atoms with Crippen LogP contribution in [0.25, 0.3) is 0 Å². The van der Waals surface area contributed by atoms with Crippen molar-refractivity contribution >= 4 is 17.7 Å². The summed E-state index contributed by atoms with van der Waals surface area (Å²) in [5.41, 5.74) is 0. The molecule has 6 nitrogen and oxygen atoms in total. The normalized spacial score (nSPS) is 10.1. The van der Waals surface area contributed by atoms with E-state index in [0.717, 1.165) is 11.8 Å². The van der Waals surface area contributed by atoms with Gasteiger partial charge in [0.2, 0.25) is 5.16 Å². The topological polar surface area (TPSA) is 80.9 Å². The SMILES string of the molecule is CCn1nnnc1SCC(=O)O. The first kappa shape index (κ1) is 8.98. The molecular formula is C5H8N4O2S. The fourth-order valence-electron chi connectivity index (χ4n) is 0.625. The van der Waals surface area contributed by atoms with Crippen LogP contribution < -0.4 is 0 Å². The second-order valence-corrected chi connectivity index (χ2v) is 2.90. The largest absolute Gasteiger partial charge is 0.481 e. The molecule has 0 aliphatic heterocycles. The van der Waals surface area contributed by atoms with Gasteiger partial charge in [0.1, 0.15) is 0 Å². The van der Waals surface area contributed by atoms with E-state index in [1.807, 2.05) is 6.92 Å². The van der Waals surface area contributed by atoms with Crippen LogP contribution in [-0.4, -0.2) is 37.0 Å². The van der Waals surface area contributed by atoms with Gasteiger partial charge in [-0.05, 0) is 17.4 Å². The fourth-order valence-corrected chi connectivity index (χ4v) is 1.29. The maximum atomic E-state index is 10.2. The van der Waals surface area contributed by atoms with Crippen LogP contribution in [0.15, 0.2) is 5.16 Å². The smallest absolute Gasteiger partial charge is 0.313 e. The van der Waals surface area contributed by atoms with Crippen LogP contribution in [0.4, 0.5) is 0 Å². The zero-order valence-electron chi connectivity index (χ0n) is 6.47. The molecule has 0 aromatic carbocycles. The lowest BCUT2D eigenvalue weighted by atomic mass is 10.8. The third-order valence-electron chi connectivity index (χ3n) is 1.12. The highest BCUT2D eigenvalue weighted by molar-refractivity contribution is 7.99. The highest BCUT2D eigenvalue weighted by Gasteiger charge is 2.06. The van der Waals surface area contributed by atoms with Crippen LogP contribution in [0, 0.1) is 0 Å². The van der Waals surface area contributed by atoms with Gasteiger partial charge in [0.05, 0.1) is 5.75 Å². The molecule has 1 rings (SSSR count). The van der Waals surface area contributed by atoms with E-state index in [-0.39, 0.29) is 5.75 Å². The molecule has 0 saturated heterocycles. The number of nitrogens with zero attached hydrogens (tertiary/aromatic N) is 4. The van der Waals surface area contributed by atoms with Crippen molar-refractivity contribution in [3.05, 3.63) is 0 Å². The molecule has 1 N–H and O–H groups in total. The lowest BCUT2D eigenvalue weighted by molar-refractivity contribution is -0.133. The van der Waals surface area contributed by atoms with Crippen LogP contribution in [-0.2, 0) is 11.3 Å². The highest BCUT2D eigenvalue weighted by atomic mass is 32.2. The first-order valence-electron chi connectivity index (χ1n) is 3.34. The number of hydrogen-bond acceptors (Lipinski definition) is 5. The van der Waals surface area contributed by atoms with E-state index in [2.05, 4.69) is 15.5 Å². The van der Waals surface area contributed by atoms with Crippen LogP contribution in [0.5, 0.6) is 0 Å². The van der Waals surface area contributed by atoms with E-state index in [0.29, 0.717) is 11.7 Å². The van der Waals surface area contributed by atoms with Crippen LogP contribution in [0.3, 0.4) is 0 Å². The van der Waals surface area contributed by atoms with Gasteiger partial charge in [-0.15, -0.1) is 5.10 Å². The number of thioether (sulfide) groups is 1. The molecule has 0 bridgehead atoms. The van der Waals surface area contributed by atoms with Crippen molar-refractivity contribution in [3.8, 4) is 0 Å². The average Bonchev–Trinajstić information content (AvgIpc) is 2.47. The predicted octanol–water partition coefficient (Wildman–Crippen LogP) is -0.130. The van der Waals surface area contributed by atoms with Crippen molar-refractivity contribution in [2.24, 2.45) is 0 Å². The Morgan fingerprint density at radius 1 is 1.75 bits per heavy atom. The molecule has 1 aromatic rings. The number of hydrogen-bond donors (Lipinski definition) is 1. The number of carboxylic acids is 1. The van der Waals surface area contributed by atoms with Crippen molar-refractivity contribution in [3.63, 3.8) is 0 Å². The van der Waals surface area contributed by atoms with Gasteiger partial charge >= 0.3 is 5.97 Å². The molecule has 1 aromatic heterocycles. The predicted molar refractivity (Wildman–Crippen MR) is 41.9 cm³/mol. The molecule has 0 atom stereocenters. The van der Waals surface area contributed by atoms with Gasteiger partial charge in [0.15, 0.2) is 0 Å². The summed E-state index contributed by atoms with van der Waals surface area (Å²) < 4.78 is 1.55. The summed E-state index contributed by atoms with van der Waals surface area (Å²) in [6.45, 7) is 2.54. The lowest BCUT2D eigenvalue weighted by Gasteiger charge is -1.96. The van der Waals surface area contributed by atoms with Crippen molar-refractivity contribution in [1.82, 2.24) is 20.2 Å². The van der Waals surface area contributed by atoms with Crippen LogP contribution in [0.2, 0.25) is 0 Å². The maximum Gasteiger partial charge on any atom is 0.313 e. The number of rotatable bonds is 4. The Hall–Kier alpha value is -1.11. The van der Waals surface area contributed by atoms with E-state index in [1.54, 1.807) is 4.68 Å². The summed E-state index contributed by atoms with van der Waals surface area (Å²) >= 11 is 1.11. The maximum absolute atomic E-state index is 10.2. The Bertz CT molecular complexity index is 274. The van der Waals surface area contributed by atoms with Gasteiger partial charge in [-0.3, -0.25) is 4.79 Å². The van der Waals surface area contributed by atoms with Crippen LogP contribution >= 0.6 is 11.8 Å². The van der Waals surface area contributed by atoms with E-state index in [9.17, 15) is 4.79 Å². The summed E-state index contributed by atoms with van der Waals surface area (Å²) in [5, 5.41) is 19.7. The molecule has 0 saturated carbocycles. The van der Waals surface area contributed by atoms with Gasteiger partial charge in [-0.25, -0.2) is 4.68 Å². The Balaban J connectivity index is 2.56. The molecule has 66 valence electrons. The number of aromatic nitrogens is 4. The molecular weight excluding hydrogens is 180 g/mol. The van der Waals surface area contributed by atoms with Crippen molar-refractivity contribution in [2.45, 2.75) is 18.6 Å². The zero-order chi connectivity index (χ0) is 8.97. The zero-order valence-corrected chi connectivity index (χ0v) is 7.28. The summed E-state index contributed by atoms with van der Waals surface area (Å²) in [4.78, 5) is 10.2. The number of carboxylic acid groups (broad SMARTS) is 1. The average molecular weight is 188 g/mol. The summed E-state index contributed by atoms with van der Waals surface area (Å²) in [6.07, 6.45) is 0. The van der Waals surface area contributed by atoms with Crippen molar-refractivity contribution in [1.29, 1.82) is 0 Å². The number of tetrazole rings is 1. The lowest BCUT2D eigenvalue weighted by Crippen LogP contribution is -2.02. The second kappa shape index (κ2) is 4.05. The Labute approximate surface area is 73.0 Å². The Morgan fingerprint density at radius 3 is 3.08 bits per heavy atom. The molecule has 12 heavy (non-hydrogen) atoms. The minimum atomic E-state index is -0.870. The third-order valence-corrected chi connectivity index (χ3v) is 2.07. The molecule has 0 fully saturated rings. The van der Waals surface area contributed by atoms with Crippen molar-refractivity contribution in [2.75, 3.05) is 5.75 Å². The quantitative estimate of drug-likeness (QED) is 0.663. The van der Waals surface area contributed by atoms with E-state index >= 15 is 0 Å². The third kappa shape index (κ3) is 2.19. The van der Waals surface area contributed by atoms with E-state index < -0.39 is 5.97 Å². The molecule has 0 spiro atoms. The molecule has 0 aliphatic carbocycles. The molecule has 0 unspecified atom stereocenters. The number of carbonyl (C=O) groups is 1. The second-order valence-electron chi connectivity index (χ2n) is 1.96. The molecule has 0 radical (unpaired) electrons. The first-order chi connectivity index (χ1) is 5.74. The summed E-state index contributed by atoms with van der Waals surface area (Å²) in [7, 11) is 0. The molecule has 1 heterocycles. The summed E-state index contributed by atoms with van der Waals surface area (Å²) in [5.74, 6) is -0.883. The minimum Gasteiger partial charge on any atom is -0.481 e.